The predicted molar refractivity (Wildman–Crippen MR) is 84.9 cm³/mol. The first-order valence-corrected chi connectivity index (χ1v) is 7.67. The first-order valence-electron chi connectivity index (χ1n) is 6.31. The third kappa shape index (κ3) is 3.92. The molecule has 2 rings (SSSR count). The van der Waals surface area contributed by atoms with Crippen LogP contribution in [0.4, 0.5) is 0 Å². The van der Waals surface area contributed by atoms with Gasteiger partial charge in [-0.1, -0.05) is 17.7 Å². The molecule has 0 fully saturated rings. The highest BCUT2D eigenvalue weighted by Crippen LogP contribution is 2.28. The number of aliphatic hydroxyl groups excluding tert-OH is 1. The molecule has 106 valence electrons. The standard InChI is InChI=1S/C16H17ClO2S/c1-11-9-13(19-2)5-8-15(11)16(18)10-20-14-6-3-12(17)4-7-14/h3-9,16,18H,10H2,1-2H3. The Morgan fingerprint density at radius 2 is 1.90 bits per heavy atom. The maximum Gasteiger partial charge on any atom is 0.119 e. The van der Waals surface area contributed by atoms with Gasteiger partial charge in [0.2, 0.25) is 0 Å². The Morgan fingerprint density at radius 3 is 2.50 bits per heavy atom. The van der Waals surface area contributed by atoms with Crippen LogP contribution >= 0.6 is 23.4 Å². The number of thioether (sulfide) groups is 1. The van der Waals surface area contributed by atoms with Crippen LogP contribution in [-0.2, 0) is 0 Å². The molecule has 0 aliphatic heterocycles. The molecule has 0 heterocycles. The summed E-state index contributed by atoms with van der Waals surface area (Å²) in [5.74, 6) is 1.42. The molecular weight excluding hydrogens is 292 g/mol. The second kappa shape index (κ2) is 7.02. The zero-order valence-corrected chi connectivity index (χ0v) is 13.0. The van der Waals surface area contributed by atoms with Crippen LogP contribution in [-0.4, -0.2) is 18.0 Å². The third-order valence-corrected chi connectivity index (χ3v) is 4.40. The number of ether oxygens (including phenoxy) is 1. The van der Waals surface area contributed by atoms with E-state index in [-0.39, 0.29) is 0 Å². The summed E-state index contributed by atoms with van der Waals surface area (Å²) >= 11 is 7.46. The zero-order valence-electron chi connectivity index (χ0n) is 11.5. The number of halogens is 1. The minimum Gasteiger partial charge on any atom is -0.497 e. The van der Waals surface area contributed by atoms with E-state index in [2.05, 4.69) is 0 Å². The summed E-state index contributed by atoms with van der Waals surface area (Å²) in [5.41, 5.74) is 1.97. The molecule has 1 N–H and O–H groups in total. The maximum absolute atomic E-state index is 10.3. The van der Waals surface area contributed by atoms with E-state index in [0.717, 1.165) is 26.8 Å². The molecule has 4 heteroatoms. The molecule has 0 radical (unpaired) electrons. The van der Waals surface area contributed by atoms with E-state index in [1.54, 1.807) is 18.9 Å². The van der Waals surface area contributed by atoms with Crippen LogP contribution in [0.3, 0.4) is 0 Å². The fourth-order valence-electron chi connectivity index (χ4n) is 1.94. The van der Waals surface area contributed by atoms with Crippen molar-refractivity contribution in [3.05, 3.63) is 58.6 Å². The monoisotopic (exact) mass is 308 g/mol. The van der Waals surface area contributed by atoms with E-state index in [0.29, 0.717) is 5.75 Å². The number of aliphatic hydroxyl groups is 1. The summed E-state index contributed by atoms with van der Waals surface area (Å²) in [6, 6.07) is 13.4. The van der Waals surface area contributed by atoms with Gasteiger partial charge in [0.25, 0.3) is 0 Å². The fraction of sp³-hybridized carbons (Fsp3) is 0.250. The van der Waals surface area contributed by atoms with E-state index in [1.807, 2.05) is 49.4 Å². The van der Waals surface area contributed by atoms with Crippen molar-refractivity contribution in [1.82, 2.24) is 0 Å². The van der Waals surface area contributed by atoms with Gasteiger partial charge in [0, 0.05) is 15.7 Å². The van der Waals surface area contributed by atoms with Gasteiger partial charge in [-0.2, -0.15) is 0 Å². The van der Waals surface area contributed by atoms with Crippen molar-refractivity contribution in [2.45, 2.75) is 17.9 Å². The molecular formula is C16H17ClO2S. The lowest BCUT2D eigenvalue weighted by molar-refractivity contribution is 0.203. The lowest BCUT2D eigenvalue weighted by Crippen LogP contribution is -2.03. The van der Waals surface area contributed by atoms with Crippen molar-refractivity contribution in [2.75, 3.05) is 12.9 Å². The van der Waals surface area contributed by atoms with Crippen LogP contribution in [0.5, 0.6) is 5.75 Å². The number of methoxy groups -OCH3 is 1. The number of hydrogen-bond acceptors (Lipinski definition) is 3. The Balaban J connectivity index is 2.01. The van der Waals surface area contributed by atoms with E-state index in [1.165, 1.54) is 0 Å². The molecule has 1 unspecified atom stereocenters. The maximum atomic E-state index is 10.3. The van der Waals surface area contributed by atoms with Crippen LogP contribution < -0.4 is 4.74 Å². The van der Waals surface area contributed by atoms with Crippen LogP contribution in [0.1, 0.15) is 17.2 Å². The summed E-state index contributed by atoms with van der Waals surface area (Å²) < 4.78 is 5.17. The van der Waals surface area contributed by atoms with Gasteiger partial charge in [0.05, 0.1) is 13.2 Å². The lowest BCUT2D eigenvalue weighted by atomic mass is 10.0. The van der Waals surface area contributed by atoms with Crippen molar-refractivity contribution < 1.29 is 9.84 Å². The number of hydrogen-bond donors (Lipinski definition) is 1. The lowest BCUT2D eigenvalue weighted by Gasteiger charge is -2.14. The summed E-state index contributed by atoms with van der Waals surface area (Å²) in [6.45, 7) is 1.98. The number of aryl methyl sites for hydroxylation is 1. The Morgan fingerprint density at radius 1 is 1.20 bits per heavy atom. The van der Waals surface area contributed by atoms with Gasteiger partial charge < -0.3 is 9.84 Å². The summed E-state index contributed by atoms with van der Waals surface area (Å²) in [6.07, 6.45) is -0.499. The van der Waals surface area contributed by atoms with Crippen molar-refractivity contribution in [1.29, 1.82) is 0 Å². The summed E-state index contributed by atoms with van der Waals surface area (Å²) in [7, 11) is 1.64. The molecule has 0 saturated carbocycles. The Hall–Kier alpha value is -1.16. The number of rotatable bonds is 5. The van der Waals surface area contributed by atoms with Gasteiger partial charge in [0.15, 0.2) is 0 Å². The summed E-state index contributed by atoms with van der Waals surface area (Å²) in [5, 5.41) is 11.0. The van der Waals surface area contributed by atoms with E-state index in [9.17, 15) is 5.11 Å². The second-order valence-corrected chi connectivity index (χ2v) is 6.03. The largest absolute Gasteiger partial charge is 0.497 e. The van der Waals surface area contributed by atoms with Gasteiger partial charge in [-0.05, 0) is 54.4 Å². The molecule has 2 aromatic carbocycles. The minimum absolute atomic E-state index is 0.499. The van der Waals surface area contributed by atoms with Gasteiger partial charge in [-0.15, -0.1) is 11.8 Å². The Labute approximate surface area is 128 Å². The molecule has 0 aliphatic rings. The normalized spacial score (nSPS) is 12.2. The van der Waals surface area contributed by atoms with Crippen LogP contribution in [0.15, 0.2) is 47.4 Å². The first-order chi connectivity index (χ1) is 9.60. The van der Waals surface area contributed by atoms with Crippen molar-refractivity contribution in [3.63, 3.8) is 0 Å². The molecule has 0 bridgehead atoms. The molecule has 0 amide bonds. The molecule has 1 atom stereocenters. The van der Waals surface area contributed by atoms with E-state index in [4.69, 9.17) is 16.3 Å². The molecule has 0 aliphatic carbocycles. The van der Waals surface area contributed by atoms with Crippen molar-refractivity contribution >= 4 is 23.4 Å². The highest BCUT2D eigenvalue weighted by Gasteiger charge is 2.11. The Kier molecular flexibility index (Phi) is 5.35. The highest BCUT2D eigenvalue weighted by molar-refractivity contribution is 7.99. The topological polar surface area (TPSA) is 29.5 Å². The Bertz CT molecular complexity index is 569. The minimum atomic E-state index is -0.499. The average Bonchev–Trinajstić information content (AvgIpc) is 2.46. The SMILES string of the molecule is COc1ccc(C(O)CSc2ccc(Cl)cc2)c(C)c1. The second-order valence-electron chi connectivity index (χ2n) is 4.50. The van der Waals surface area contributed by atoms with E-state index < -0.39 is 6.10 Å². The predicted octanol–water partition coefficient (Wildman–Crippen LogP) is 4.48. The van der Waals surface area contributed by atoms with Crippen LogP contribution in [0.25, 0.3) is 0 Å². The number of benzene rings is 2. The quantitative estimate of drug-likeness (QED) is 0.826. The van der Waals surface area contributed by atoms with Gasteiger partial charge in [0.1, 0.15) is 5.75 Å². The smallest absolute Gasteiger partial charge is 0.119 e. The van der Waals surface area contributed by atoms with Crippen LogP contribution in [0, 0.1) is 6.92 Å². The molecule has 2 aromatic rings. The van der Waals surface area contributed by atoms with E-state index >= 15 is 0 Å². The van der Waals surface area contributed by atoms with Gasteiger partial charge >= 0.3 is 0 Å². The molecule has 0 spiro atoms. The molecule has 0 saturated heterocycles. The fourth-order valence-corrected chi connectivity index (χ4v) is 2.93. The van der Waals surface area contributed by atoms with Gasteiger partial charge in [-0.25, -0.2) is 0 Å². The first kappa shape index (κ1) is 15.2. The van der Waals surface area contributed by atoms with Crippen molar-refractivity contribution in [2.24, 2.45) is 0 Å². The molecule has 0 aromatic heterocycles. The van der Waals surface area contributed by atoms with Gasteiger partial charge in [-0.3, -0.25) is 0 Å². The average molecular weight is 309 g/mol. The summed E-state index contributed by atoms with van der Waals surface area (Å²) in [4.78, 5) is 1.10. The zero-order chi connectivity index (χ0) is 14.5. The van der Waals surface area contributed by atoms with Crippen molar-refractivity contribution in [3.8, 4) is 5.75 Å². The molecule has 20 heavy (non-hydrogen) atoms. The third-order valence-electron chi connectivity index (χ3n) is 3.06. The highest BCUT2D eigenvalue weighted by atomic mass is 35.5. The van der Waals surface area contributed by atoms with Crippen LogP contribution in [0.2, 0.25) is 5.02 Å². The molecule has 2 nitrogen and oxygen atoms in total.